The van der Waals surface area contributed by atoms with Crippen molar-refractivity contribution in [2.24, 2.45) is 5.73 Å². The predicted octanol–water partition coefficient (Wildman–Crippen LogP) is 1.67. The molecule has 2 aromatic rings. The minimum atomic E-state index is -0.433. The van der Waals surface area contributed by atoms with Gasteiger partial charge in [0.2, 0.25) is 5.91 Å². The molecule has 0 fully saturated rings. The molecule has 1 aliphatic heterocycles. The van der Waals surface area contributed by atoms with E-state index in [1.54, 1.807) is 6.07 Å². The Morgan fingerprint density at radius 3 is 3.00 bits per heavy atom. The molecule has 0 unspecified atom stereocenters. The molecule has 1 amide bonds. The molecule has 5 heteroatoms. The second kappa shape index (κ2) is 5.93. The fourth-order valence-corrected chi connectivity index (χ4v) is 2.50. The molecule has 2 heterocycles. The van der Waals surface area contributed by atoms with Crippen LogP contribution in [0.25, 0.3) is 10.9 Å². The summed E-state index contributed by atoms with van der Waals surface area (Å²) < 4.78 is 0. The van der Waals surface area contributed by atoms with Gasteiger partial charge in [0.15, 0.2) is 0 Å². The third-order valence-electron chi connectivity index (χ3n) is 3.64. The van der Waals surface area contributed by atoms with Gasteiger partial charge in [-0.05, 0) is 25.1 Å². The summed E-state index contributed by atoms with van der Waals surface area (Å²) in [5.74, 6) is 0.250. The molecular formula is C16H18N4O. The maximum atomic E-state index is 11.6. The number of carbonyl (C=O) groups is 1. The van der Waals surface area contributed by atoms with E-state index in [0.717, 1.165) is 37.0 Å². The lowest BCUT2D eigenvalue weighted by molar-refractivity contribution is 0.100. The number of rotatable bonds is 4. The molecule has 0 saturated carbocycles. The summed E-state index contributed by atoms with van der Waals surface area (Å²) in [6.45, 7) is 2.66. The van der Waals surface area contributed by atoms with Crippen LogP contribution in [0.15, 0.2) is 42.0 Å². The Bertz CT molecular complexity index is 708. The third-order valence-corrected chi connectivity index (χ3v) is 3.64. The lowest BCUT2D eigenvalue weighted by atomic mass is 10.1. The van der Waals surface area contributed by atoms with Gasteiger partial charge in [0.25, 0.3) is 0 Å². The first-order chi connectivity index (χ1) is 10.2. The summed E-state index contributed by atoms with van der Waals surface area (Å²) in [4.78, 5) is 16.2. The normalized spacial score (nSPS) is 14.8. The van der Waals surface area contributed by atoms with E-state index in [-0.39, 0.29) is 0 Å². The smallest absolute Gasteiger partial charge is 0.249 e. The van der Waals surface area contributed by atoms with E-state index in [1.165, 1.54) is 5.57 Å². The van der Waals surface area contributed by atoms with Crippen molar-refractivity contribution in [3.63, 3.8) is 0 Å². The van der Waals surface area contributed by atoms with Gasteiger partial charge in [0, 0.05) is 18.5 Å². The molecule has 0 atom stereocenters. The fourth-order valence-electron chi connectivity index (χ4n) is 2.50. The van der Waals surface area contributed by atoms with Gasteiger partial charge in [0.1, 0.15) is 5.82 Å². The van der Waals surface area contributed by atoms with Crippen LogP contribution in [0.1, 0.15) is 16.8 Å². The second-order valence-corrected chi connectivity index (χ2v) is 5.11. The Morgan fingerprint density at radius 2 is 2.24 bits per heavy atom. The zero-order valence-electron chi connectivity index (χ0n) is 11.7. The molecule has 5 nitrogen and oxygen atoms in total. The Morgan fingerprint density at radius 1 is 1.38 bits per heavy atom. The van der Waals surface area contributed by atoms with Gasteiger partial charge >= 0.3 is 0 Å². The highest BCUT2D eigenvalue weighted by molar-refractivity contribution is 6.06. The van der Waals surface area contributed by atoms with Gasteiger partial charge in [-0.3, -0.25) is 4.79 Å². The SMILES string of the molecule is NC(=O)c1cc(NCC2=CCNCC2)nc2ccccc12. The number of amides is 1. The van der Waals surface area contributed by atoms with Crippen LogP contribution in [0, 0.1) is 0 Å². The van der Waals surface area contributed by atoms with Crippen LogP contribution in [0.3, 0.4) is 0 Å². The van der Waals surface area contributed by atoms with Gasteiger partial charge < -0.3 is 16.4 Å². The van der Waals surface area contributed by atoms with E-state index >= 15 is 0 Å². The predicted molar refractivity (Wildman–Crippen MR) is 84.3 cm³/mol. The number of hydrogen-bond donors (Lipinski definition) is 3. The first kappa shape index (κ1) is 13.6. The zero-order chi connectivity index (χ0) is 14.7. The first-order valence-electron chi connectivity index (χ1n) is 7.06. The number of hydrogen-bond acceptors (Lipinski definition) is 4. The van der Waals surface area contributed by atoms with E-state index in [4.69, 9.17) is 5.73 Å². The highest BCUT2D eigenvalue weighted by Crippen LogP contribution is 2.20. The van der Waals surface area contributed by atoms with Gasteiger partial charge in [-0.15, -0.1) is 0 Å². The Labute approximate surface area is 123 Å². The van der Waals surface area contributed by atoms with E-state index in [2.05, 4.69) is 21.7 Å². The number of carbonyl (C=O) groups excluding carboxylic acids is 1. The van der Waals surface area contributed by atoms with E-state index in [9.17, 15) is 4.79 Å². The molecule has 1 aromatic carbocycles. The molecule has 21 heavy (non-hydrogen) atoms. The lowest BCUT2D eigenvalue weighted by Crippen LogP contribution is -2.23. The summed E-state index contributed by atoms with van der Waals surface area (Å²) in [6.07, 6.45) is 3.22. The van der Waals surface area contributed by atoms with Gasteiger partial charge in [-0.2, -0.15) is 0 Å². The molecule has 4 N–H and O–H groups in total. The van der Waals surface area contributed by atoms with Crippen molar-refractivity contribution in [3.8, 4) is 0 Å². The van der Waals surface area contributed by atoms with Crippen LogP contribution in [0.2, 0.25) is 0 Å². The van der Waals surface area contributed by atoms with Gasteiger partial charge in [-0.25, -0.2) is 4.98 Å². The molecule has 1 aromatic heterocycles. The van der Waals surface area contributed by atoms with Crippen molar-refractivity contribution in [2.75, 3.05) is 25.0 Å². The van der Waals surface area contributed by atoms with Crippen LogP contribution in [0.4, 0.5) is 5.82 Å². The number of aromatic nitrogens is 1. The van der Waals surface area contributed by atoms with Crippen LogP contribution in [0.5, 0.6) is 0 Å². The summed E-state index contributed by atoms with van der Waals surface area (Å²) in [5, 5.41) is 7.36. The molecule has 108 valence electrons. The number of benzene rings is 1. The zero-order valence-corrected chi connectivity index (χ0v) is 11.7. The summed E-state index contributed by atoms with van der Waals surface area (Å²) in [6, 6.07) is 9.26. The molecule has 3 rings (SSSR count). The summed E-state index contributed by atoms with van der Waals surface area (Å²) in [5.41, 5.74) is 8.10. The third kappa shape index (κ3) is 3.03. The molecule has 0 bridgehead atoms. The molecule has 0 saturated heterocycles. The van der Waals surface area contributed by atoms with Crippen LogP contribution in [-0.4, -0.2) is 30.5 Å². The van der Waals surface area contributed by atoms with Crippen molar-refractivity contribution in [3.05, 3.63) is 47.5 Å². The van der Waals surface area contributed by atoms with Crippen molar-refractivity contribution in [1.29, 1.82) is 0 Å². The van der Waals surface area contributed by atoms with E-state index < -0.39 is 5.91 Å². The summed E-state index contributed by atoms with van der Waals surface area (Å²) in [7, 11) is 0. The molecular weight excluding hydrogens is 264 g/mol. The maximum absolute atomic E-state index is 11.6. The highest BCUT2D eigenvalue weighted by Gasteiger charge is 2.10. The second-order valence-electron chi connectivity index (χ2n) is 5.11. The van der Waals surface area contributed by atoms with Crippen LogP contribution < -0.4 is 16.4 Å². The van der Waals surface area contributed by atoms with Gasteiger partial charge in [0.05, 0.1) is 11.1 Å². The van der Waals surface area contributed by atoms with Crippen LogP contribution >= 0.6 is 0 Å². The number of pyridine rings is 1. The van der Waals surface area contributed by atoms with Crippen LogP contribution in [-0.2, 0) is 0 Å². The fraction of sp³-hybridized carbons (Fsp3) is 0.250. The Balaban J connectivity index is 1.88. The topological polar surface area (TPSA) is 80.0 Å². The highest BCUT2D eigenvalue weighted by atomic mass is 16.1. The quantitative estimate of drug-likeness (QED) is 0.745. The molecule has 1 aliphatic rings. The monoisotopic (exact) mass is 282 g/mol. The average molecular weight is 282 g/mol. The van der Waals surface area contributed by atoms with E-state index in [1.807, 2.05) is 24.3 Å². The van der Waals surface area contributed by atoms with Crippen molar-refractivity contribution in [2.45, 2.75) is 6.42 Å². The minimum absolute atomic E-state index is 0.433. The standard InChI is InChI=1S/C16H18N4O/c17-16(21)13-9-15(19-10-11-5-7-18-8-6-11)20-14-4-2-1-3-12(13)14/h1-5,9,18H,6-8,10H2,(H2,17,21)(H,19,20). The van der Waals surface area contributed by atoms with Crippen molar-refractivity contribution < 1.29 is 4.79 Å². The van der Waals surface area contributed by atoms with Gasteiger partial charge in [-0.1, -0.05) is 29.8 Å². The number of nitrogens with zero attached hydrogens (tertiary/aromatic N) is 1. The van der Waals surface area contributed by atoms with Crippen molar-refractivity contribution in [1.82, 2.24) is 10.3 Å². The molecule has 0 radical (unpaired) electrons. The molecule has 0 spiro atoms. The minimum Gasteiger partial charge on any atom is -0.366 e. The largest absolute Gasteiger partial charge is 0.366 e. The number of nitrogens with two attached hydrogens (primary N) is 1. The lowest BCUT2D eigenvalue weighted by Gasteiger charge is -2.15. The number of primary amides is 1. The number of fused-ring (bicyclic) bond motifs is 1. The number of para-hydroxylation sites is 1. The maximum Gasteiger partial charge on any atom is 0.249 e. The number of anilines is 1. The Hall–Kier alpha value is -2.40. The molecule has 0 aliphatic carbocycles. The number of nitrogens with one attached hydrogen (secondary N) is 2. The first-order valence-corrected chi connectivity index (χ1v) is 7.06. The Kier molecular flexibility index (Phi) is 3.83. The van der Waals surface area contributed by atoms with E-state index in [0.29, 0.717) is 11.4 Å². The van der Waals surface area contributed by atoms with Crippen molar-refractivity contribution >= 4 is 22.6 Å². The average Bonchev–Trinajstić information content (AvgIpc) is 2.53. The summed E-state index contributed by atoms with van der Waals surface area (Å²) >= 11 is 0.